The summed E-state index contributed by atoms with van der Waals surface area (Å²) in [6, 6.07) is 0. The van der Waals surface area contributed by atoms with Crippen LogP contribution in [-0.2, 0) is 4.79 Å². The Morgan fingerprint density at radius 1 is 1.21 bits per heavy atom. The van der Waals surface area contributed by atoms with Crippen molar-refractivity contribution in [2.75, 3.05) is 13.1 Å². The van der Waals surface area contributed by atoms with Gasteiger partial charge in [0.15, 0.2) is 0 Å². The van der Waals surface area contributed by atoms with E-state index in [1.165, 1.54) is 6.42 Å². The maximum atomic E-state index is 10.4. The smallest absolute Gasteiger partial charge is 0.217 e. The van der Waals surface area contributed by atoms with Crippen molar-refractivity contribution in [3.8, 4) is 0 Å². The molecule has 0 radical (unpaired) electrons. The Labute approximate surface area is 87.4 Å². The van der Waals surface area contributed by atoms with E-state index in [0.717, 1.165) is 25.9 Å². The molecule has 0 saturated carbocycles. The fourth-order valence-electron chi connectivity index (χ4n) is 1.14. The van der Waals surface area contributed by atoms with Crippen molar-refractivity contribution >= 4 is 5.91 Å². The van der Waals surface area contributed by atoms with Gasteiger partial charge in [-0.15, -0.1) is 0 Å². The number of amides is 1. The van der Waals surface area contributed by atoms with Crippen molar-refractivity contribution < 1.29 is 4.79 Å². The summed E-state index contributed by atoms with van der Waals surface area (Å²) in [4.78, 5) is 10.4. The first kappa shape index (κ1) is 13.4. The van der Waals surface area contributed by atoms with E-state index in [0.29, 0.717) is 11.8 Å². The zero-order chi connectivity index (χ0) is 11.0. The quantitative estimate of drug-likeness (QED) is 0.614. The molecule has 0 spiro atoms. The van der Waals surface area contributed by atoms with Gasteiger partial charge in [0.1, 0.15) is 0 Å². The van der Waals surface area contributed by atoms with E-state index in [9.17, 15) is 4.79 Å². The van der Waals surface area contributed by atoms with Gasteiger partial charge < -0.3 is 11.1 Å². The van der Waals surface area contributed by atoms with Crippen LogP contribution in [-0.4, -0.2) is 19.0 Å². The first-order valence-corrected chi connectivity index (χ1v) is 5.41. The molecule has 0 aromatic heterocycles. The number of nitrogens with two attached hydrogens (primary N) is 1. The number of primary amides is 1. The predicted octanol–water partition coefficient (Wildman–Crippen LogP) is 1.67. The van der Waals surface area contributed by atoms with Crippen molar-refractivity contribution in [1.82, 2.24) is 5.32 Å². The van der Waals surface area contributed by atoms with Gasteiger partial charge in [0.25, 0.3) is 0 Å². The zero-order valence-electron chi connectivity index (χ0n) is 9.73. The second-order valence-corrected chi connectivity index (χ2v) is 4.98. The molecular formula is C11H24N2O. The third-order valence-electron chi connectivity index (χ3n) is 2.08. The predicted molar refractivity (Wildman–Crippen MR) is 60.0 cm³/mol. The average Bonchev–Trinajstić information content (AvgIpc) is 2.00. The summed E-state index contributed by atoms with van der Waals surface area (Å²) in [6.45, 7) is 8.76. The van der Waals surface area contributed by atoms with Crippen LogP contribution in [0.15, 0.2) is 0 Å². The molecule has 0 aromatic rings. The Hall–Kier alpha value is -0.570. The minimum Gasteiger partial charge on any atom is -0.370 e. The van der Waals surface area contributed by atoms with Gasteiger partial charge in [-0.3, -0.25) is 4.79 Å². The maximum Gasteiger partial charge on any atom is 0.217 e. The van der Waals surface area contributed by atoms with E-state index in [2.05, 4.69) is 26.1 Å². The molecule has 0 heterocycles. The molecule has 0 aromatic carbocycles. The van der Waals surface area contributed by atoms with Crippen LogP contribution in [0.3, 0.4) is 0 Å². The lowest BCUT2D eigenvalue weighted by Gasteiger charge is -2.17. The highest BCUT2D eigenvalue weighted by atomic mass is 16.1. The van der Waals surface area contributed by atoms with E-state index in [1.54, 1.807) is 0 Å². The van der Waals surface area contributed by atoms with Crippen molar-refractivity contribution in [2.45, 2.75) is 46.5 Å². The minimum atomic E-state index is -0.195. The molecule has 3 heteroatoms. The van der Waals surface area contributed by atoms with E-state index in [-0.39, 0.29) is 5.91 Å². The van der Waals surface area contributed by atoms with Crippen LogP contribution >= 0.6 is 0 Å². The number of hydrogen-bond donors (Lipinski definition) is 2. The highest BCUT2D eigenvalue weighted by molar-refractivity contribution is 5.73. The van der Waals surface area contributed by atoms with Gasteiger partial charge in [-0.2, -0.15) is 0 Å². The van der Waals surface area contributed by atoms with Gasteiger partial charge in [0, 0.05) is 6.42 Å². The Bertz CT molecular complexity index is 161. The summed E-state index contributed by atoms with van der Waals surface area (Å²) in [5, 5.41) is 3.36. The summed E-state index contributed by atoms with van der Waals surface area (Å²) in [5.41, 5.74) is 5.43. The number of nitrogens with one attached hydrogen (secondary N) is 1. The molecule has 0 aliphatic heterocycles. The number of rotatable bonds is 7. The minimum absolute atomic E-state index is 0.195. The van der Waals surface area contributed by atoms with E-state index in [1.807, 2.05) is 0 Å². The fraction of sp³-hybridized carbons (Fsp3) is 0.909. The lowest BCUT2D eigenvalue weighted by Crippen LogP contribution is -2.21. The monoisotopic (exact) mass is 200 g/mol. The number of carbonyl (C=O) groups is 1. The van der Waals surface area contributed by atoms with Crippen molar-refractivity contribution in [3.05, 3.63) is 0 Å². The topological polar surface area (TPSA) is 55.1 Å². The van der Waals surface area contributed by atoms with Gasteiger partial charge >= 0.3 is 0 Å². The highest BCUT2D eigenvalue weighted by Crippen LogP contribution is 2.16. The lowest BCUT2D eigenvalue weighted by molar-refractivity contribution is -0.118. The molecule has 0 bridgehead atoms. The molecule has 0 aliphatic rings. The number of unbranched alkanes of at least 4 members (excludes halogenated alkanes) is 1. The van der Waals surface area contributed by atoms with Crippen molar-refractivity contribution in [2.24, 2.45) is 11.1 Å². The largest absolute Gasteiger partial charge is 0.370 e. The Balaban J connectivity index is 3.11. The van der Waals surface area contributed by atoms with Crippen LogP contribution in [0.5, 0.6) is 0 Å². The summed E-state index contributed by atoms with van der Waals surface area (Å²) in [7, 11) is 0. The highest BCUT2D eigenvalue weighted by Gasteiger charge is 2.08. The molecule has 0 rings (SSSR count). The lowest BCUT2D eigenvalue weighted by atomic mass is 9.92. The van der Waals surface area contributed by atoms with E-state index in [4.69, 9.17) is 5.73 Å². The second-order valence-electron chi connectivity index (χ2n) is 4.98. The normalized spacial score (nSPS) is 11.6. The Morgan fingerprint density at radius 3 is 2.36 bits per heavy atom. The van der Waals surface area contributed by atoms with Crippen molar-refractivity contribution in [1.29, 1.82) is 0 Å². The summed E-state index contributed by atoms with van der Waals surface area (Å²) in [5.74, 6) is -0.195. The fourth-order valence-corrected chi connectivity index (χ4v) is 1.14. The van der Waals surface area contributed by atoms with Crippen molar-refractivity contribution in [3.63, 3.8) is 0 Å². The number of carbonyl (C=O) groups excluding carboxylic acids is 1. The molecule has 84 valence electrons. The van der Waals surface area contributed by atoms with Crippen LogP contribution < -0.4 is 11.1 Å². The van der Waals surface area contributed by atoms with Crippen LogP contribution in [0.4, 0.5) is 0 Å². The average molecular weight is 200 g/mol. The summed E-state index contributed by atoms with van der Waals surface area (Å²) in [6.07, 6.45) is 3.63. The summed E-state index contributed by atoms with van der Waals surface area (Å²) < 4.78 is 0. The Kier molecular flexibility index (Phi) is 6.54. The first-order chi connectivity index (χ1) is 6.42. The first-order valence-electron chi connectivity index (χ1n) is 5.41. The standard InChI is InChI=1S/C11H24N2O/c1-11(2,3)7-9-13-8-5-4-6-10(12)14/h13H,4-9H2,1-3H3,(H2,12,14). The van der Waals surface area contributed by atoms with E-state index >= 15 is 0 Å². The second kappa shape index (κ2) is 6.82. The SMILES string of the molecule is CC(C)(C)CCNCCCCC(N)=O. The van der Waals surface area contributed by atoms with Gasteiger partial charge in [0.2, 0.25) is 5.91 Å². The van der Waals surface area contributed by atoms with Gasteiger partial charge in [-0.25, -0.2) is 0 Å². The third kappa shape index (κ3) is 11.4. The third-order valence-corrected chi connectivity index (χ3v) is 2.08. The molecular weight excluding hydrogens is 176 g/mol. The molecule has 0 unspecified atom stereocenters. The van der Waals surface area contributed by atoms with E-state index < -0.39 is 0 Å². The Morgan fingerprint density at radius 2 is 1.86 bits per heavy atom. The molecule has 0 aliphatic carbocycles. The molecule has 3 N–H and O–H groups in total. The number of hydrogen-bond acceptors (Lipinski definition) is 2. The molecule has 14 heavy (non-hydrogen) atoms. The van der Waals surface area contributed by atoms with Crippen LogP contribution in [0.2, 0.25) is 0 Å². The van der Waals surface area contributed by atoms with Crippen LogP contribution in [0, 0.1) is 5.41 Å². The van der Waals surface area contributed by atoms with Gasteiger partial charge in [-0.05, 0) is 37.8 Å². The van der Waals surface area contributed by atoms with Crippen LogP contribution in [0.25, 0.3) is 0 Å². The maximum absolute atomic E-state index is 10.4. The summed E-state index contributed by atoms with van der Waals surface area (Å²) >= 11 is 0. The van der Waals surface area contributed by atoms with Gasteiger partial charge in [-0.1, -0.05) is 20.8 Å². The molecule has 1 amide bonds. The zero-order valence-corrected chi connectivity index (χ0v) is 9.73. The van der Waals surface area contributed by atoms with Crippen LogP contribution in [0.1, 0.15) is 46.5 Å². The molecule has 0 fully saturated rings. The molecule has 0 saturated heterocycles. The molecule has 3 nitrogen and oxygen atoms in total. The van der Waals surface area contributed by atoms with Gasteiger partial charge in [0.05, 0.1) is 0 Å². The molecule has 0 atom stereocenters.